The Morgan fingerprint density at radius 3 is 2.71 bits per heavy atom. The lowest BCUT2D eigenvalue weighted by molar-refractivity contribution is 0.0636. The van der Waals surface area contributed by atoms with E-state index in [0.717, 1.165) is 35.8 Å². The molecule has 2 rings (SSSR count). The number of hydrogen-bond donors (Lipinski definition) is 1. The largest absolute Gasteiger partial charge is 0.444 e. The van der Waals surface area contributed by atoms with Crippen molar-refractivity contribution in [2.45, 2.75) is 38.7 Å². The number of amides is 1. The van der Waals surface area contributed by atoms with E-state index in [1.807, 2.05) is 32.9 Å². The molecule has 0 aliphatic carbocycles. The van der Waals surface area contributed by atoms with Crippen LogP contribution in [0, 0.1) is 0 Å². The summed E-state index contributed by atoms with van der Waals surface area (Å²) in [6.07, 6.45) is 0.644. The van der Waals surface area contributed by atoms with Gasteiger partial charge in [0.1, 0.15) is 5.60 Å². The van der Waals surface area contributed by atoms with Gasteiger partial charge in [-0.25, -0.2) is 4.79 Å². The second kappa shape index (κ2) is 6.24. The molecular weight excluding hydrogens is 288 g/mol. The molecule has 21 heavy (non-hydrogen) atoms. The van der Waals surface area contributed by atoms with E-state index in [4.69, 9.17) is 16.3 Å². The standard InChI is InChI=1S/C16H23ClN2O2/c1-16(2,3)21-15(20)18-12-5-6-14(17)13(9-12)11-7-8-19(4)10-11/h5-6,9,11H,7-8,10H2,1-4H3,(H,18,20)/t11-/m0/s1. The second-order valence-electron chi connectivity index (χ2n) is 6.61. The van der Waals surface area contributed by atoms with E-state index < -0.39 is 11.7 Å². The van der Waals surface area contributed by atoms with Crippen LogP contribution in [0.15, 0.2) is 18.2 Å². The predicted molar refractivity (Wildman–Crippen MR) is 86.2 cm³/mol. The lowest BCUT2D eigenvalue weighted by atomic mass is 9.98. The number of carbonyl (C=O) groups is 1. The smallest absolute Gasteiger partial charge is 0.412 e. The molecule has 0 saturated carbocycles. The Kier molecular flexibility index (Phi) is 4.79. The summed E-state index contributed by atoms with van der Waals surface area (Å²) in [4.78, 5) is 14.1. The summed E-state index contributed by atoms with van der Waals surface area (Å²) < 4.78 is 5.26. The van der Waals surface area contributed by atoms with E-state index in [1.165, 1.54) is 0 Å². The summed E-state index contributed by atoms with van der Waals surface area (Å²) in [7, 11) is 2.11. The Balaban J connectivity index is 2.10. The fourth-order valence-corrected chi connectivity index (χ4v) is 2.82. The molecule has 1 aromatic rings. The van der Waals surface area contributed by atoms with E-state index >= 15 is 0 Å². The number of nitrogens with one attached hydrogen (secondary N) is 1. The Hall–Kier alpha value is -1.26. The molecule has 4 nitrogen and oxygen atoms in total. The number of likely N-dealkylation sites (N-methyl/N-ethyl adjacent to an activating group) is 1. The van der Waals surface area contributed by atoms with Crippen LogP contribution in [-0.4, -0.2) is 36.7 Å². The van der Waals surface area contributed by atoms with Gasteiger partial charge in [-0.1, -0.05) is 11.6 Å². The molecule has 1 aromatic carbocycles. The summed E-state index contributed by atoms with van der Waals surface area (Å²) in [5.41, 5.74) is 1.31. The van der Waals surface area contributed by atoms with Crippen LogP contribution in [0.4, 0.5) is 10.5 Å². The molecule has 0 bridgehead atoms. The van der Waals surface area contributed by atoms with Crippen LogP contribution >= 0.6 is 11.6 Å². The van der Waals surface area contributed by atoms with Crippen molar-refractivity contribution in [2.24, 2.45) is 0 Å². The van der Waals surface area contributed by atoms with Gasteiger partial charge in [0.15, 0.2) is 0 Å². The SMILES string of the molecule is CN1CC[C@H](c2cc(NC(=O)OC(C)(C)C)ccc2Cl)C1. The Labute approximate surface area is 131 Å². The first-order valence-electron chi connectivity index (χ1n) is 7.22. The third-order valence-corrected chi connectivity index (χ3v) is 3.82. The molecular formula is C16H23ClN2O2. The number of anilines is 1. The highest BCUT2D eigenvalue weighted by Gasteiger charge is 2.24. The molecule has 1 amide bonds. The van der Waals surface area contributed by atoms with Crippen LogP contribution in [-0.2, 0) is 4.74 Å². The molecule has 1 heterocycles. The van der Waals surface area contributed by atoms with Crippen molar-refractivity contribution < 1.29 is 9.53 Å². The van der Waals surface area contributed by atoms with E-state index in [-0.39, 0.29) is 0 Å². The minimum atomic E-state index is -0.506. The minimum absolute atomic E-state index is 0.419. The van der Waals surface area contributed by atoms with Gasteiger partial charge in [0.05, 0.1) is 0 Å². The monoisotopic (exact) mass is 310 g/mol. The lowest BCUT2D eigenvalue weighted by Gasteiger charge is -2.20. The average molecular weight is 311 g/mol. The first-order chi connectivity index (χ1) is 9.74. The second-order valence-corrected chi connectivity index (χ2v) is 7.02. The highest BCUT2D eigenvalue weighted by molar-refractivity contribution is 6.31. The summed E-state index contributed by atoms with van der Waals surface area (Å²) in [6, 6.07) is 5.59. The van der Waals surface area contributed by atoms with Gasteiger partial charge in [0.25, 0.3) is 0 Å². The van der Waals surface area contributed by atoms with E-state index in [0.29, 0.717) is 5.92 Å². The topological polar surface area (TPSA) is 41.6 Å². The fraction of sp³-hybridized carbons (Fsp3) is 0.562. The van der Waals surface area contributed by atoms with Crippen molar-refractivity contribution in [3.05, 3.63) is 28.8 Å². The van der Waals surface area contributed by atoms with Crippen LogP contribution in [0.3, 0.4) is 0 Å². The lowest BCUT2D eigenvalue weighted by Crippen LogP contribution is -2.27. The van der Waals surface area contributed by atoms with Gasteiger partial charge in [0.2, 0.25) is 0 Å². The minimum Gasteiger partial charge on any atom is -0.444 e. The van der Waals surface area contributed by atoms with Crippen molar-refractivity contribution in [3.8, 4) is 0 Å². The first kappa shape index (κ1) is 16.1. The number of nitrogens with zero attached hydrogens (tertiary/aromatic N) is 1. The van der Waals surface area contributed by atoms with Crippen LogP contribution < -0.4 is 5.32 Å². The zero-order valence-corrected chi connectivity index (χ0v) is 13.8. The number of ether oxygens (including phenoxy) is 1. The van der Waals surface area contributed by atoms with Gasteiger partial charge in [-0.3, -0.25) is 5.32 Å². The average Bonchev–Trinajstić information content (AvgIpc) is 2.76. The molecule has 0 aromatic heterocycles. The van der Waals surface area contributed by atoms with Gasteiger partial charge >= 0.3 is 6.09 Å². The molecule has 1 N–H and O–H groups in total. The molecule has 1 aliphatic heterocycles. The number of halogens is 1. The van der Waals surface area contributed by atoms with E-state index in [9.17, 15) is 4.79 Å². The molecule has 5 heteroatoms. The zero-order chi connectivity index (χ0) is 15.6. The molecule has 116 valence electrons. The van der Waals surface area contributed by atoms with Crippen molar-refractivity contribution >= 4 is 23.4 Å². The Morgan fingerprint density at radius 1 is 1.43 bits per heavy atom. The predicted octanol–water partition coefficient (Wildman–Crippen LogP) is 4.11. The molecule has 0 unspecified atom stereocenters. The van der Waals surface area contributed by atoms with Crippen molar-refractivity contribution in [2.75, 3.05) is 25.5 Å². The third kappa shape index (κ3) is 4.61. The van der Waals surface area contributed by atoms with Crippen LogP contribution in [0.25, 0.3) is 0 Å². The molecule has 0 spiro atoms. The number of hydrogen-bond acceptors (Lipinski definition) is 3. The highest BCUT2D eigenvalue weighted by Crippen LogP contribution is 2.33. The van der Waals surface area contributed by atoms with Gasteiger partial charge < -0.3 is 9.64 Å². The number of benzene rings is 1. The van der Waals surface area contributed by atoms with Crippen LogP contribution in [0.2, 0.25) is 5.02 Å². The maximum absolute atomic E-state index is 11.8. The van der Waals surface area contributed by atoms with Gasteiger partial charge in [-0.05, 0) is 70.5 Å². The van der Waals surface area contributed by atoms with Gasteiger partial charge in [0, 0.05) is 17.3 Å². The number of rotatable bonds is 2. The Bertz CT molecular complexity index is 525. The molecule has 1 atom stereocenters. The molecule has 1 saturated heterocycles. The number of likely N-dealkylation sites (tertiary alicyclic amines) is 1. The van der Waals surface area contributed by atoms with Gasteiger partial charge in [-0.15, -0.1) is 0 Å². The summed E-state index contributed by atoms with van der Waals surface area (Å²) in [5.74, 6) is 0.419. The summed E-state index contributed by atoms with van der Waals surface area (Å²) in [6.45, 7) is 7.59. The fourth-order valence-electron chi connectivity index (χ4n) is 2.54. The van der Waals surface area contributed by atoms with E-state index in [1.54, 1.807) is 6.07 Å². The zero-order valence-electron chi connectivity index (χ0n) is 13.1. The van der Waals surface area contributed by atoms with Crippen LogP contribution in [0.1, 0.15) is 38.7 Å². The molecule has 1 aliphatic rings. The van der Waals surface area contributed by atoms with E-state index in [2.05, 4.69) is 17.3 Å². The Morgan fingerprint density at radius 2 is 2.14 bits per heavy atom. The van der Waals surface area contributed by atoms with Crippen molar-refractivity contribution in [1.29, 1.82) is 0 Å². The third-order valence-electron chi connectivity index (χ3n) is 3.47. The van der Waals surface area contributed by atoms with Gasteiger partial charge in [-0.2, -0.15) is 0 Å². The summed E-state index contributed by atoms with van der Waals surface area (Å²) >= 11 is 6.30. The molecule has 0 radical (unpaired) electrons. The molecule has 1 fully saturated rings. The van der Waals surface area contributed by atoms with Crippen LogP contribution in [0.5, 0.6) is 0 Å². The highest BCUT2D eigenvalue weighted by atomic mass is 35.5. The quantitative estimate of drug-likeness (QED) is 0.894. The van der Waals surface area contributed by atoms with Crippen molar-refractivity contribution in [1.82, 2.24) is 4.90 Å². The normalized spacial score (nSPS) is 19.6. The first-order valence-corrected chi connectivity index (χ1v) is 7.60. The number of carbonyl (C=O) groups excluding carboxylic acids is 1. The summed E-state index contributed by atoms with van der Waals surface area (Å²) in [5, 5.41) is 3.52. The maximum Gasteiger partial charge on any atom is 0.412 e. The van der Waals surface area contributed by atoms with Crippen molar-refractivity contribution in [3.63, 3.8) is 0 Å². The maximum atomic E-state index is 11.8.